The van der Waals surface area contributed by atoms with E-state index in [1.165, 1.54) is 17.7 Å². The van der Waals surface area contributed by atoms with Crippen molar-refractivity contribution in [3.63, 3.8) is 0 Å². The monoisotopic (exact) mass is 273 g/mol. The van der Waals surface area contributed by atoms with Crippen LogP contribution in [0.15, 0.2) is 36.4 Å². The average molecular weight is 273 g/mol. The van der Waals surface area contributed by atoms with Gasteiger partial charge in [-0.3, -0.25) is 0 Å². The standard InChI is InChI=1S/C16H16FNO2/c1-10(18-13-3-4-15(19)14(17)9-13)11-2-5-16-12(8-11)6-7-20-16/h2-5,8-10,18-19H,6-7H2,1H3. The summed E-state index contributed by atoms with van der Waals surface area (Å²) < 4.78 is 18.8. The van der Waals surface area contributed by atoms with Crippen molar-refractivity contribution in [2.75, 3.05) is 11.9 Å². The molecule has 0 saturated carbocycles. The lowest BCUT2D eigenvalue weighted by Gasteiger charge is -2.16. The Kier molecular flexibility index (Phi) is 3.22. The molecule has 2 N–H and O–H groups in total. The summed E-state index contributed by atoms with van der Waals surface area (Å²) in [5, 5.41) is 12.4. The highest BCUT2D eigenvalue weighted by molar-refractivity contribution is 5.49. The summed E-state index contributed by atoms with van der Waals surface area (Å²) in [5.74, 6) is -0.000867. The van der Waals surface area contributed by atoms with Gasteiger partial charge >= 0.3 is 0 Å². The fraction of sp³-hybridized carbons (Fsp3) is 0.250. The largest absolute Gasteiger partial charge is 0.505 e. The lowest BCUT2D eigenvalue weighted by Crippen LogP contribution is -2.07. The molecule has 2 aromatic carbocycles. The van der Waals surface area contributed by atoms with E-state index in [2.05, 4.69) is 11.4 Å². The Labute approximate surface area is 117 Å². The summed E-state index contributed by atoms with van der Waals surface area (Å²) in [4.78, 5) is 0. The van der Waals surface area contributed by atoms with Crippen molar-refractivity contribution < 1.29 is 14.2 Å². The smallest absolute Gasteiger partial charge is 0.166 e. The Balaban J connectivity index is 1.78. The molecule has 0 spiro atoms. The third kappa shape index (κ3) is 2.41. The molecule has 2 aromatic rings. The molecule has 104 valence electrons. The molecule has 0 saturated heterocycles. The molecule has 1 aliphatic rings. The Bertz CT molecular complexity index is 642. The van der Waals surface area contributed by atoms with E-state index in [1.807, 2.05) is 19.1 Å². The number of fused-ring (bicyclic) bond motifs is 1. The van der Waals surface area contributed by atoms with Crippen LogP contribution in [0.25, 0.3) is 0 Å². The maximum absolute atomic E-state index is 13.3. The van der Waals surface area contributed by atoms with E-state index < -0.39 is 5.82 Å². The molecule has 0 amide bonds. The van der Waals surface area contributed by atoms with E-state index >= 15 is 0 Å². The second-order valence-electron chi connectivity index (χ2n) is 5.00. The summed E-state index contributed by atoms with van der Waals surface area (Å²) in [7, 11) is 0. The Hall–Kier alpha value is -2.23. The highest BCUT2D eigenvalue weighted by Gasteiger charge is 2.14. The van der Waals surface area contributed by atoms with Gasteiger partial charge in [-0.15, -0.1) is 0 Å². The molecule has 0 aromatic heterocycles. The van der Waals surface area contributed by atoms with Crippen LogP contribution in [0, 0.1) is 5.82 Å². The minimum absolute atomic E-state index is 0.0462. The van der Waals surface area contributed by atoms with Crippen molar-refractivity contribution in [3.8, 4) is 11.5 Å². The van der Waals surface area contributed by atoms with Gasteiger partial charge in [0.05, 0.1) is 6.61 Å². The predicted molar refractivity (Wildman–Crippen MR) is 75.7 cm³/mol. The van der Waals surface area contributed by atoms with Gasteiger partial charge in [0.25, 0.3) is 0 Å². The quantitative estimate of drug-likeness (QED) is 0.839. The molecule has 20 heavy (non-hydrogen) atoms. The van der Waals surface area contributed by atoms with Crippen LogP contribution in [-0.2, 0) is 6.42 Å². The zero-order valence-corrected chi connectivity index (χ0v) is 11.2. The predicted octanol–water partition coefficient (Wildman–Crippen LogP) is 3.64. The highest BCUT2D eigenvalue weighted by atomic mass is 19.1. The molecule has 1 aliphatic heterocycles. The van der Waals surface area contributed by atoms with Crippen molar-refractivity contribution in [1.29, 1.82) is 0 Å². The second-order valence-corrected chi connectivity index (χ2v) is 5.00. The van der Waals surface area contributed by atoms with Crippen molar-refractivity contribution in [2.24, 2.45) is 0 Å². The van der Waals surface area contributed by atoms with Crippen LogP contribution < -0.4 is 10.1 Å². The number of halogens is 1. The maximum atomic E-state index is 13.3. The molecule has 0 radical (unpaired) electrons. The first kappa shape index (κ1) is 12.8. The third-order valence-corrected chi connectivity index (χ3v) is 3.54. The molecular formula is C16H16FNO2. The molecule has 3 nitrogen and oxygen atoms in total. The zero-order valence-electron chi connectivity index (χ0n) is 11.2. The summed E-state index contributed by atoms with van der Waals surface area (Å²) >= 11 is 0. The molecule has 0 aliphatic carbocycles. The van der Waals surface area contributed by atoms with Gasteiger partial charge < -0.3 is 15.2 Å². The number of hydrogen-bond acceptors (Lipinski definition) is 3. The molecule has 0 fully saturated rings. The summed E-state index contributed by atoms with van der Waals surface area (Å²) in [5.41, 5.74) is 2.99. The molecular weight excluding hydrogens is 257 g/mol. The zero-order chi connectivity index (χ0) is 14.1. The van der Waals surface area contributed by atoms with Gasteiger partial charge in [-0.1, -0.05) is 6.07 Å². The number of aromatic hydroxyl groups is 1. The molecule has 1 atom stereocenters. The number of rotatable bonds is 3. The number of phenolic OH excluding ortho intramolecular Hbond substituents is 1. The minimum atomic E-state index is -0.621. The van der Waals surface area contributed by atoms with Gasteiger partial charge in [-0.05, 0) is 42.3 Å². The van der Waals surface area contributed by atoms with E-state index in [0.29, 0.717) is 5.69 Å². The Morgan fingerprint density at radius 3 is 2.90 bits per heavy atom. The first-order valence-electron chi connectivity index (χ1n) is 6.64. The molecule has 4 heteroatoms. The first-order chi connectivity index (χ1) is 9.63. The van der Waals surface area contributed by atoms with Crippen molar-refractivity contribution in [3.05, 3.63) is 53.3 Å². The second kappa shape index (κ2) is 5.04. The first-order valence-corrected chi connectivity index (χ1v) is 6.64. The maximum Gasteiger partial charge on any atom is 0.166 e. The summed E-state index contributed by atoms with van der Waals surface area (Å²) in [6.45, 7) is 2.76. The lowest BCUT2D eigenvalue weighted by atomic mass is 10.0. The summed E-state index contributed by atoms with van der Waals surface area (Å²) in [6.07, 6.45) is 0.934. The molecule has 1 unspecified atom stereocenters. The van der Waals surface area contributed by atoms with Gasteiger partial charge in [0.2, 0.25) is 0 Å². The Morgan fingerprint density at radius 1 is 1.25 bits per heavy atom. The van der Waals surface area contributed by atoms with Crippen molar-refractivity contribution >= 4 is 5.69 Å². The fourth-order valence-electron chi connectivity index (χ4n) is 2.41. The molecule has 0 bridgehead atoms. The van der Waals surface area contributed by atoms with E-state index in [1.54, 1.807) is 6.07 Å². The Morgan fingerprint density at radius 2 is 2.10 bits per heavy atom. The molecule has 1 heterocycles. The third-order valence-electron chi connectivity index (χ3n) is 3.54. The lowest BCUT2D eigenvalue weighted by molar-refractivity contribution is 0.357. The topological polar surface area (TPSA) is 41.5 Å². The van der Waals surface area contributed by atoms with E-state index in [0.717, 1.165) is 24.3 Å². The fourth-order valence-corrected chi connectivity index (χ4v) is 2.41. The number of ether oxygens (including phenoxy) is 1. The normalized spacial score (nSPS) is 14.5. The van der Waals surface area contributed by atoms with E-state index in [9.17, 15) is 9.50 Å². The number of hydrogen-bond donors (Lipinski definition) is 2. The SMILES string of the molecule is CC(Nc1ccc(O)c(F)c1)c1ccc2c(c1)CCO2. The van der Waals surface area contributed by atoms with Crippen LogP contribution in [-0.4, -0.2) is 11.7 Å². The van der Waals surface area contributed by atoms with Crippen molar-refractivity contribution in [1.82, 2.24) is 0 Å². The van der Waals surface area contributed by atoms with Crippen LogP contribution in [0.5, 0.6) is 11.5 Å². The van der Waals surface area contributed by atoms with Crippen molar-refractivity contribution in [2.45, 2.75) is 19.4 Å². The molecule has 3 rings (SSSR count). The van der Waals surface area contributed by atoms with Gasteiger partial charge in [-0.25, -0.2) is 4.39 Å². The van der Waals surface area contributed by atoms with Crippen LogP contribution in [0.1, 0.15) is 24.1 Å². The van der Waals surface area contributed by atoms with E-state index in [-0.39, 0.29) is 11.8 Å². The van der Waals surface area contributed by atoms with E-state index in [4.69, 9.17) is 4.74 Å². The summed E-state index contributed by atoms with van der Waals surface area (Å²) in [6, 6.07) is 10.5. The van der Waals surface area contributed by atoms with Crippen LogP contribution >= 0.6 is 0 Å². The average Bonchev–Trinajstić information content (AvgIpc) is 2.90. The number of phenols is 1. The van der Waals surface area contributed by atoms with Gasteiger partial charge in [0, 0.05) is 24.2 Å². The minimum Gasteiger partial charge on any atom is -0.505 e. The number of anilines is 1. The number of benzene rings is 2. The van der Waals surface area contributed by atoms with Gasteiger partial charge in [0.15, 0.2) is 11.6 Å². The van der Waals surface area contributed by atoms with Gasteiger partial charge in [-0.2, -0.15) is 0 Å². The van der Waals surface area contributed by atoms with Crippen LogP contribution in [0.3, 0.4) is 0 Å². The van der Waals surface area contributed by atoms with Crippen LogP contribution in [0.4, 0.5) is 10.1 Å². The highest BCUT2D eigenvalue weighted by Crippen LogP contribution is 2.30. The number of nitrogens with one attached hydrogen (secondary N) is 1. The van der Waals surface area contributed by atoms with Crippen LogP contribution in [0.2, 0.25) is 0 Å². The van der Waals surface area contributed by atoms with Gasteiger partial charge in [0.1, 0.15) is 5.75 Å².